The molecule has 0 heterocycles. The molecule has 0 unspecified atom stereocenters. The summed E-state index contributed by atoms with van der Waals surface area (Å²) in [5, 5.41) is 7.31. The second-order valence-corrected chi connectivity index (χ2v) is 2.42. The van der Waals surface area contributed by atoms with Crippen molar-refractivity contribution in [3.05, 3.63) is 0 Å². The van der Waals surface area contributed by atoms with Crippen molar-refractivity contribution in [2.45, 2.75) is 13.8 Å². The number of hydrogen-bond donors (Lipinski definition) is 2. The lowest BCUT2D eigenvalue weighted by Crippen LogP contribution is -2.00. The van der Waals surface area contributed by atoms with E-state index in [4.69, 9.17) is 5.73 Å². The summed E-state index contributed by atoms with van der Waals surface area (Å²) in [5.41, 5.74) is 5.08. The van der Waals surface area contributed by atoms with Crippen LogP contribution in [0.4, 0.5) is 0 Å². The number of amidine groups is 1. The van der Waals surface area contributed by atoms with E-state index < -0.39 is 0 Å². The fourth-order valence-corrected chi connectivity index (χ4v) is 0.277. The summed E-state index contributed by atoms with van der Waals surface area (Å²) in [6.45, 7) is 4.02. The van der Waals surface area contributed by atoms with Crippen LogP contribution in [0.25, 0.3) is 0 Å². The monoisotopic (exact) mass is 145 g/mol. The Kier molecular flexibility index (Phi) is 4.13. The Bertz CT molecular complexity index is 124. The summed E-state index contributed by atoms with van der Waals surface area (Å²) in [6.07, 6.45) is 1.70. The molecule has 0 fully saturated rings. The molecule has 0 aromatic carbocycles. The zero-order chi connectivity index (χ0) is 7.28. The Morgan fingerprint density at radius 3 is 2.56 bits per heavy atom. The molecule has 2 N–H and O–H groups in total. The number of rotatable bonds is 2. The quantitative estimate of drug-likeness (QED) is 0.257. The third kappa shape index (κ3) is 7.49. The van der Waals surface area contributed by atoms with Gasteiger partial charge < -0.3 is 5.73 Å². The van der Waals surface area contributed by atoms with Crippen LogP contribution in [-0.4, -0.2) is 11.4 Å². The van der Waals surface area contributed by atoms with E-state index in [-0.39, 0.29) is 5.17 Å². The van der Waals surface area contributed by atoms with Gasteiger partial charge in [0.2, 0.25) is 0 Å². The van der Waals surface area contributed by atoms with Crippen LogP contribution in [0, 0.1) is 5.92 Å². The van der Waals surface area contributed by atoms with Crippen molar-refractivity contribution >= 4 is 24.0 Å². The fraction of sp³-hybridized carbons (Fsp3) is 0.600. The van der Waals surface area contributed by atoms with Gasteiger partial charge in [-0.05, 0) is 5.92 Å². The van der Waals surface area contributed by atoms with Gasteiger partial charge in [0, 0.05) is 6.21 Å². The molecule has 0 aliphatic heterocycles. The summed E-state index contributed by atoms with van der Waals surface area (Å²) in [6, 6.07) is 0. The first-order valence-corrected chi connectivity index (χ1v) is 3.13. The number of nitrogens with two attached hydrogens (primary N) is 1. The van der Waals surface area contributed by atoms with Gasteiger partial charge in [-0.25, -0.2) is 0 Å². The van der Waals surface area contributed by atoms with Crippen molar-refractivity contribution < 1.29 is 0 Å². The molecule has 0 saturated heterocycles. The second kappa shape index (κ2) is 4.38. The lowest BCUT2D eigenvalue weighted by Gasteiger charge is -1.87. The van der Waals surface area contributed by atoms with Crippen LogP contribution >= 0.6 is 12.6 Å². The molecule has 0 saturated carbocycles. The molecule has 52 valence electrons. The first-order chi connectivity index (χ1) is 4.13. The van der Waals surface area contributed by atoms with Crippen LogP contribution in [0.5, 0.6) is 0 Å². The Balaban J connectivity index is 3.60. The van der Waals surface area contributed by atoms with Crippen LogP contribution in [0.2, 0.25) is 0 Å². The molecule has 0 amide bonds. The Labute approximate surface area is 60.5 Å². The molecule has 0 aliphatic carbocycles. The summed E-state index contributed by atoms with van der Waals surface area (Å²) < 4.78 is 0. The molecule has 4 heteroatoms. The van der Waals surface area contributed by atoms with Crippen molar-refractivity contribution in [2.24, 2.45) is 21.9 Å². The minimum absolute atomic E-state index is 0.187. The van der Waals surface area contributed by atoms with Gasteiger partial charge in [0.15, 0.2) is 5.17 Å². The first-order valence-electron chi connectivity index (χ1n) is 2.68. The summed E-state index contributed by atoms with van der Waals surface area (Å²) in [4.78, 5) is 0. The van der Waals surface area contributed by atoms with E-state index in [0.717, 1.165) is 0 Å². The zero-order valence-electron chi connectivity index (χ0n) is 5.57. The Morgan fingerprint density at radius 2 is 2.22 bits per heavy atom. The molecule has 0 atom stereocenters. The molecule has 0 aliphatic rings. The average Bonchev–Trinajstić information content (AvgIpc) is 1.63. The molecular weight excluding hydrogens is 134 g/mol. The Hall–Kier alpha value is -0.510. The topological polar surface area (TPSA) is 50.7 Å². The predicted molar refractivity (Wildman–Crippen MR) is 43.9 cm³/mol. The molecular formula is C5H11N3S. The lowest BCUT2D eigenvalue weighted by atomic mass is 10.3. The van der Waals surface area contributed by atoms with E-state index in [1.54, 1.807) is 6.21 Å². The summed E-state index contributed by atoms with van der Waals surface area (Å²) >= 11 is 3.71. The van der Waals surface area contributed by atoms with E-state index in [2.05, 4.69) is 22.8 Å². The van der Waals surface area contributed by atoms with Crippen LogP contribution in [0.3, 0.4) is 0 Å². The maximum Gasteiger partial charge on any atom is 0.177 e. The largest absolute Gasteiger partial charge is 0.377 e. The fourth-order valence-electron chi connectivity index (χ4n) is 0.226. The van der Waals surface area contributed by atoms with E-state index in [1.165, 1.54) is 0 Å². The van der Waals surface area contributed by atoms with E-state index in [0.29, 0.717) is 5.92 Å². The van der Waals surface area contributed by atoms with Crippen molar-refractivity contribution in [3.8, 4) is 0 Å². The van der Waals surface area contributed by atoms with Crippen molar-refractivity contribution in [3.63, 3.8) is 0 Å². The van der Waals surface area contributed by atoms with E-state index in [1.807, 2.05) is 13.8 Å². The molecule has 0 spiro atoms. The number of thiol groups is 1. The molecule has 0 radical (unpaired) electrons. The number of hydrogen-bond acceptors (Lipinski definition) is 2. The van der Waals surface area contributed by atoms with Gasteiger partial charge in [0.1, 0.15) is 0 Å². The van der Waals surface area contributed by atoms with Crippen molar-refractivity contribution in [1.29, 1.82) is 0 Å². The minimum atomic E-state index is 0.187. The van der Waals surface area contributed by atoms with E-state index in [9.17, 15) is 0 Å². The molecule has 3 nitrogen and oxygen atoms in total. The summed E-state index contributed by atoms with van der Waals surface area (Å²) in [5.74, 6) is 0.404. The molecule has 0 aromatic heterocycles. The normalized spacial score (nSPS) is 13.6. The van der Waals surface area contributed by atoms with Gasteiger partial charge >= 0.3 is 0 Å². The molecule has 0 rings (SSSR count). The predicted octanol–water partition coefficient (Wildman–Crippen LogP) is 0.873. The third-order valence-electron chi connectivity index (χ3n) is 0.525. The van der Waals surface area contributed by atoms with Gasteiger partial charge in [0.05, 0.1) is 0 Å². The highest BCUT2D eigenvalue weighted by atomic mass is 32.1. The van der Waals surface area contributed by atoms with Gasteiger partial charge in [0.25, 0.3) is 0 Å². The average molecular weight is 145 g/mol. The Morgan fingerprint density at radius 1 is 1.67 bits per heavy atom. The van der Waals surface area contributed by atoms with Crippen LogP contribution < -0.4 is 5.73 Å². The van der Waals surface area contributed by atoms with Crippen LogP contribution in [-0.2, 0) is 0 Å². The molecule has 0 aromatic rings. The smallest absolute Gasteiger partial charge is 0.177 e. The van der Waals surface area contributed by atoms with Crippen LogP contribution in [0.15, 0.2) is 10.2 Å². The highest BCUT2D eigenvalue weighted by molar-refractivity contribution is 7.96. The first kappa shape index (κ1) is 8.49. The van der Waals surface area contributed by atoms with Gasteiger partial charge in [-0.3, -0.25) is 0 Å². The van der Waals surface area contributed by atoms with Gasteiger partial charge in [-0.2, -0.15) is 5.10 Å². The van der Waals surface area contributed by atoms with Gasteiger partial charge in [-0.1, -0.05) is 13.8 Å². The third-order valence-corrected chi connectivity index (χ3v) is 0.614. The highest BCUT2D eigenvalue weighted by Crippen LogP contribution is 1.85. The zero-order valence-corrected chi connectivity index (χ0v) is 6.47. The lowest BCUT2D eigenvalue weighted by molar-refractivity contribution is 0.900. The maximum atomic E-state index is 5.08. The minimum Gasteiger partial charge on any atom is -0.377 e. The highest BCUT2D eigenvalue weighted by Gasteiger charge is 1.82. The van der Waals surface area contributed by atoms with Crippen LogP contribution in [0.1, 0.15) is 13.8 Å². The standard InChI is InChI=1S/C5H11N3S/c1-4(2)3-7-8-5(6)9/h3-4H,1-2H3,(H3,6,8,9)/b7-3+. The second-order valence-electron chi connectivity index (χ2n) is 1.97. The van der Waals surface area contributed by atoms with Gasteiger partial charge in [-0.15, -0.1) is 17.7 Å². The molecule has 0 bridgehead atoms. The van der Waals surface area contributed by atoms with Crippen molar-refractivity contribution in [1.82, 2.24) is 0 Å². The van der Waals surface area contributed by atoms with E-state index >= 15 is 0 Å². The summed E-state index contributed by atoms with van der Waals surface area (Å²) in [7, 11) is 0. The number of nitrogens with zero attached hydrogens (tertiary/aromatic N) is 2. The maximum absolute atomic E-state index is 5.08. The molecule has 9 heavy (non-hydrogen) atoms. The van der Waals surface area contributed by atoms with Crippen molar-refractivity contribution in [2.75, 3.05) is 0 Å². The SMILES string of the molecule is CC(C)/C=N/N=C(/N)S.